The van der Waals surface area contributed by atoms with Gasteiger partial charge in [0.05, 0.1) is 5.69 Å². The van der Waals surface area contributed by atoms with Crippen molar-refractivity contribution in [3.63, 3.8) is 0 Å². The van der Waals surface area contributed by atoms with Gasteiger partial charge < -0.3 is 10.2 Å². The van der Waals surface area contributed by atoms with Crippen molar-refractivity contribution < 1.29 is 4.79 Å². The van der Waals surface area contributed by atoms with E-state index in [9.17, 15) is 4.79 Å². The van der Waals surface area contributed by atoms with Gasteiger partial charge in [0.1, 0.15) is 0 Å². The molecule has 0 bridgehead atoms. The highest BCUT2D eigenvalue weighted by molar-refractivity contribution is 5.94. The molecule has 2 atom stereocenters. The van der Waals surface area contributed by atoms with Crippen LogP contribution in [0.2, 0.25) is 0 Å². The number of halogens is 1. The number of carbonyl (C=O) groups excluding carboxylic acids is 1. The fourth-order valence-electron chi connectivity index (χ4n) is 4.84. The summed E-state index contributed by atoms with van der Waals surface area (Å²) in [4.78, 5) is 15.3. The van der Waals surface area contributed by atoms with Gasteiger partial charge in [-0.3, -0.25) is 4.79 Å². The van der Waals surface area contributed by atoms with Gasteiger partial charge in [0.15, 0.2) is 5.69 Å². The molecule has 1 amide bonds. The summed E-state index contributed by atoms with van der Waals surface area (Å²) in [5.74, 6) is 1.38. The first-order valence-electron chi connectivity index (χ1n) is 9.88. The minimum absolute atomic E-state index is 0. The largest absolute Gasteiger partial charge is 0.337 e. The Morgan fingerprint density at radius 3 is 2.44 bits per heavy atom. The Morgan fingerprint density at radius 1 is 1.07 bits per heavy atom. The van der Waals surface area contributed by atoms with Crippen LogP contribution in [0.1, 0.15) is 40.2 Å². The molecule has 1 aromatic heterocycles. The Bertz CT molecular complexity index is 833. The minimum Gasteiger partial charge on any atom is -0.337 e. The number of hydrogen-bond acceptors (Lipinski definition) is 3. The number of nitrogens with one attached hydrogen (secondary N) is 1. The van der Waals surface area contributed by atoms with Crippen molar-refractivity contribution >= 4 is 18.3 Å². The second kappa shape index (κ2) is 7.28. The molecular formula is C21H27ClN4O. The normalized spacial score (nSPS) is 23.7. The number of aromatic nitrogens is 2. The summed E-state index contributed by atoms with van der Waals surface area (Å²) in [5.41, 5.74) is 5.44. The number of likely N-dealkylation sites (tertiary alicyclic amines) is 1. The van der Waals surface area contributed by atoms with Gasteiger partial charge in [0.25, 0.3) is 5.91 Å². The lowest BCUT2D eigenvalue weighted by atomic mass is 9.95. The van der Waals surface area contributed by atoms with Crippen LogP contribution in [0.5, 0.6) is 0 Å². The highest BCUT2D eigenvalue weighted by Gasteiger charge is 2.40. The zero-order valence-corrected chi connectivity index (χ0v) is 16.6. The molecule has 0 unspecified atom stereocenters. The minimum atomic E-state index is 0. The first kappa shape index (κ1) is 18.5. The van der Waals surface area contributed by atoms with Crippen LogP contribution in [-0.2, 0) is 12.8 Å². The Morgan fingerprint density at radius 2 is 1.74 bits per heavy atom. The van der Waals surface area contributed by atoms with Crippen molar-refractivity contribution in [3.8, 4) is 5.69 Å². The number of hydrogen-bond donors (Lipinski definition) is 1. The molecule has 5 nitrogen and oxygen atoms in total. The summed E-state index contributed by atoms with van der Waals surface area (Å²) < 4.78 is 2.03. The molecule has 2 saturated heterocycles. The number of nitrogens with zero attached hydrogens (tertiary/aromatic N) is 3. The predicted molar refractivity (Wildman–Crippen MR) is 108 cm³/mol. The van der Waals surface area contributed by atoms with Gasteiger partial charge in [0, 0.05) is 37.4 Å². The summed E-state index contributed by atoms with van der Waals surface area (Å²) in [6, 6.07) is 8.44. The van der Waals surface area contributed by atoms with Crippen molar-refractivity contribution in [1.82, 2.24) is 20.0 Å². The summed E-state index contributed by atoms with van der Waals surface area (Å²) in [6.07, 6.45) is 4.32. The van der Waals surface area contributed by atoms with Crippen LogP contribution in [0.4, 0.5) is 0 Å². The van der Waals surface area contributed by atoms with Crippen molar-refractivity contribution in [2.45, 2.75) is 32.6 Å². The maximum absolute atomic E-state index is 13.3. The van der Waals surface area contributed by atoms with Crippen LogP contribution >= 0.6 is 12.4 Å². The van der Waals surface area contributed by atoms with E-state index in [0.717, 1.165) is 51.1 Å². The molecule has 0 saturated carbocycles. The molecule has 2 fully saturated rings. The molecule has 144 valence electrons. The third kappa shape index (κ3) is 3.17. The van der Waals surface area contributed by atoms with Crippen LogP contribution < -0.4 is 5.32 Å². The van der Waals surface area contributed by atoms with Crippen LogP contribution in [0.3, 0.4) is 0 Å². The molecule has 1 N–H and O–H groups in total. The van der Waals surface area contributed by atoms with Crippen molar-refractivity contribution in [2.24, 2.45) is 11.8 Å². The summed E-state index contributed by atoms with van der Waals surface area (Å²) in [5, 5.41) is 8.29. The van der Waals surface area contributed by atoms with Crippen LogP contribution in [0, 0.1) is 18.8 Å². The van der Waals surface area contributed by atoms with Crippen molar-refractivity contribution in [3.05, 3.63) is 46.8 Å². The Hall–Kier alpha value is -1.85. The summed E-state index contributed by atoms with van der Waals surface area (Å²) in [6.45, 7) is 5.94. The van der Waals surface area contributed by atoms with E-state index in [2.05, 4.69) is 36.5 Å². The van der Waals surface area contributed by atoms with E-state index in [4.69, 9.17) is 5.10 Å². The average molecular weight is 387 g/mol. The van der Waals surface area contributed by atoms with Crippen LogP contribution in [-0.4, -0.2) is 46.8 Å². The van der Waals surface area contributed by atoms with Gasteiger partial charge in [-0.05, 0) is 56.6 Å². The van der Waals surface area contributed by atoms with Crippen LogP contribution in [0.15, 0.2) is 24.3 Å². The maximum atomic E-state index is 13.3. The Labute approximate surface area is 166 Å². The van der Waals surface area contributed by atoms with E-state index in [1.807, 2.05) is 9.58 Å². The standard InChI is InChI=1S/C21H26N4O.ClH/c1-14-6-8-17(9-7-14)25-19-5-3-2-4-18(19)20(23-25)21(26)24-12-15-10-22-11-16(15)13-24;/h6-9,15-16,22H,2-5,10-13H2,1H3;1H/t15-,16+;. The molecule has 27 heavy (non-hydrogen) atoms. The van der Waals surface area contributed by atoms with E-state index >= 15 is 0 Å². The number of amides is 1. The third-order valence-electron chi connectivity index (χ3n) is 6.34. The Balaban J connectivity index is 0.00000180. The van der Waals surface area contributed by atoms with Gasteiger partial charge in [0.2, 0.25) is 0 Å². The average Bonchev–Trinajstić information content (AvgIpc) is 3.35. The molecule has 1 aromatic carbocycles. The predicted octanol–water partition coefficient (Wildman–Crippen LogP) is 2.77. The van der Waals surface area contributed by atoms with E-state index in [0.29, 0.717) is 17.5 Å². The fraction of sp³-hybridized carbons (Fsp3) is 0.524. The zero-order chi connectivity index (χ0) is 17.7. The number of benzene rings is 1. The molecule has 0 spiro atoms. The number of carbonyl (C=O) groups is 1. The highest BCUT2D eigenvalue weighted by atomic mass is 35.5. The second-order valence-electron chi connectivity index (χ2n) is 8.12. The topological polar surface area (TPSA) is 50.2 Å². The van der Waals surface area contributed by atoms with Gasteiger partial charge in [-0.2, -0.15) is 5.10 Å². The molecule has 5 rings (SSSR count). The second-order valence-corrected chi connectivity index (χ2v) is 8.12. The first-order valence-corrected chi connectivity index (χ1v) is 9.88. The lowest BCUT2D eigenvalue weighted by Crippen LogP contribution is -2.32. The van der Waals surface area contributed by atoms with Crippen LogP contribution in [0.25, 0.3) is 5.69 Å². The molecule has 2 aromatic rings. The first-order chi connectivity index (χ1) is 12.7. The van der Waals surface area contributed by atoms with E-state index < -0.39 is 0 Å². The molecule has 6 heteroatoms. The molecular weight excluding hydrogens is 360 g/mol. The van der Waals surface area contributed by atoms with Crippen molar-refractivity contribution in [1.29, 1.82) is 0 Å². The van der Waals surface area contributed by atoms with Gasteiger partial charge >= 0.3 is 0 Å². The monoisotopic (exact) mass is 386 g/mol. The quantitative estimate of drug-likeness (QED) is 0.863. The van der Waals surface area contributed by atoms with Crippen molar-refractivity contribution in [2.75, 3.05) is 26.2 Å². The van der Waals surface area contributed by atoms with Gasteiger partial charge in [-0.15, -0.1) is 12.4 Å². The number of rotatable bonds is 2. The smallest absolute Gasteiger partial charge is 0.274 e. The molecule has 3 heterocycles. The summed E-state index contributed by atoms with van der Waals surface area (Å²) in [7, 11) is 0. The lowest BCUT2D eigenvalue weighted by Gasteiger charge is -2.18. The molecule has 1 aliphatic carbocycles. The highest BCUT2D eigenvalue weighted by Crippen LogP contribution is 2.31. The number of aryl methyl sites for hydroxylation is 1. The lowest BCUT2D eigenvalue weighted by molar-refractivity contribution is 0.0774. The SMILES string of the molecule is Cc1ccc(-n2nc(C(=O)N3C[C@H]4CNC[C@H]4C3)c3c2CCCC3)cc1.Cl. The molecule has 0 radical (unpaired) electrons. The fourth-order valence-corrected chi connectivity index (χ4v) is 4.84. The number of fused-ring (bicyclic) bond motifs is 2. The van der Waals surface area contributed by atoms with E-state index in [-0.39, 0.29) is 18.3 Å². The zero-order valence-electron chi connectivity index (χ0n) is 15.8. The van der Waals surface area contributed by atoms with E-state index in [1.165, 1.54) is 23.2 Å². The van der Waals surface area contributed by atoms with Gasteiger partial charge in [-0.1, -0.05) is 17.7 Å². The van der Waals surface area contributed by atoms with Gasteiger partial charge in [-0.25, -0.2) is 4.68 Å². The molecule has 3 aliphatic rings. The van der Waals surface area contributed by atoms with E-state index in [1.54, 1.807) is 0 Å². The molecule has 2 aliphatic heterocycles. The Kier molecular flexibility index (Phi) is 4.99. The maximum Gasteiger partial charge on any atom is 0.274 e. The summed E-state index contributed by atoms with van der Waals surface area (Å²) >= 11 is 0. The third-order valence-corrected chi connectivity index (χ3v) is 6.34.